The van der Waals surface area contributed by atoms with Crippen LogP contribution in [0.4, 0.5) is 4.79 Å². The molecule has 0 heterocycles. The lowest BCUT2D eigenvalue weighted by Crippen LogP contribution is -2.47. The molecule has 4 N–H and O–H groups in total. The summed E-state index contributed by atoms with van der Waals surface area (Å²) < 4.78 is 0. The van der Waals surface area contributed by atoms with E-state index in [0.29, 0.717) is 0 Å². The zero-order valence-electron chi connectivity index (χ0n) is 13.2. The molecule has 0 saturated carbocycles. The molecule has 0 spiro atoms. The normalized spacial score (nSPS) is 12.6. The fourth-order valence-corrected chi connectivity index (χ4v) is 1.88. The summed E-state index contributed by atoms with van der Waals surface area (Å²) in [7, 11) is 0. The third kappa shape index (κ3) is 5.45. The van der Waals surface area contributed by atoms with Crippen LogP contribution in [0.2, 0.25) is 0 Å². The summed E-state index contributed by atoms with van der Waals surface area (Å²) in [6.07, 6.45) is 0.763. The Labute approximate surface area is 126 Å². The zero-order chi connectivity index (χ0) is 16.0. The highest BCUT2D eigenvalue weighted by molar-refractivity contribution is 5.81. The fraction of sp³-hybridized carbons (Fsp3) is 0.500. The average Bonchev–Trinajstić information content (AvgIpc) is 2.39. The lowest BCUT2D eigenvalue weighted by molar-refractivity contribution is -0.125. The van der Waals surface area contributed by atoms with Crippen molar-refractivity contribution in [1.82, 2.24) is 10.6 Å². The molecular formula is C16H25N3O2. The summed E-state index contributed by atoms with van der Waals surface area (Å²) in [5.74, 6) is -0.434. The van der Waals surface area contributed by atoms with Gasteiger partial charge in [0.05, 0.1) is 5.41 Å². The van der Waals surface area contributed by atoms with E-state index in [1.165, 1.54) is 11.1 Å². The van der Waals surface area contributed by atoms with Gasteiger partial charge < -0.3 is 16.4 Å². The van der Waals surface area contributed by atoms with Gasteiger partial charge in [-0.05, 0) is 45.2 Å². The Kier molecular flexibility index (Phi) is 5.76. The van der Waals surface area contributed by atoms with Crippen molar-refractivity contribution in [1.29, 1.82) is 0 Å². The summed E-state index contributed by atoms with van der Waals surface area (Å²) in [5.41, 5.74) is 6.93. The van der Waals surface area contributed by atoms with Crippen LogP contribution in [-0.2, 0) is 11.2 Å². The maximum atomic E-state index is 11.8. The molecule has 1 aromatic carbocycles. The van der Waals surface area contributed by atoms with E-state index in [9.17, 15) is 9.59 Å². The maximum absolute atomic E-state index is 11.8. The molecule has 1 aromatic rings. The second-order valence-electron chi connectivity index (χ2n) is 6.11. The van der Waals surface area contributed by atoms with Crippen molar-refractivity contribution >= 4 is 11.9 Å². The van der Waals surface area contributed by atoms with Crippen molar-refractivity contribution in [3.63, 3.8) is 0 Å². The lowest BCUT2D eigenvalue weighted by atomic mass is 9.93. The molecule has 0 bridgehead atoms. The van der Waals surface area contributed by atoms with Gasteiger partial charge >= 0.3 is 6.03 Å². The number of hydrogen-bond donors (Lipinski definition) is 3. The van der Waals surface area contributed by atoms with Crippen LogP contribution >= 0.6 is 0 Å². The third-order valence-corrected chi connectivity index (χ3v) is 3.52. The topological polar surface area (TPSA) is 84.2 Å². The molecule has 0 radical (unpaired) electrons. The van der Waals surface area contributed by atoms with Crippen LogP contribution in [0.3, 0.4) is 0 Å². The first-order chi connectivity index (χ1) is 9.72. The molecular weight excluding hydrogens is 266 g/mol. The van der Waals surface area contributed by atoms with Gasteiger partial charge in [0.1, 0.15) is 0 Å². The Balaban J connectivity index is 2.45. The second-order valence-corrected chi connectivity index (χ2v) is 6.11. The van der Waals surface area contributed by atoms with Crippen molar-refractivity contribution in [3.8, 4) is 0 Å². The van der Waals surface area contributed by atoms with Crippen LogP contribution in [-0.4, -0.2) is 24.5 Å². The summed E-state index contributed by atoms with van der Waals surface area (Å²) in [5, 5.41) is 5.55. The van der Waals surface area contributed by atoms with Gasteiger partial charge in [-0.2, -0.15) is 0 Å². The first-order valence-electron chi connectivity index (χ1n) is 7.11. The quantitative estimate of drug-likeness (QED) is 0.746. The Morgan fingerprint density at radius 2 is 1.90 bits per heavy atom. The number of aryl methyl sites for hydroxylation is 1. The number of carbonyl (C=O) groups is 2. The summed E-state index contributed by atoms with van der Waals surface area (Å²) in [6.45, 7) is 7.62. The number of amides is 3. The Bertz CT molecular complexity index is 512. The van der Waals surface area contributed by atoms with Crippen molar-refractivity contribution in [2.24, 2.45) is 11.1 Å². The molecule has 3 amide bonds. The first kappa shape index (κ1) is 17.0. The van der Waals surface area contributed by atoms with Crippen molar-refractivity contribution in [3.05, 3.63) is 35.4 Å². The molecule has 1 unspecified atom stereocenters. The van der Waals surface area contributed by atoms with Gasteiger partial charge in [-0.3, -0.25) is 4.79 Å². The van der Waals surface area contributed by atoms with Crippen LogP contribution in [0.5, 0.6) is 0 Å². The van der Waals surface area contributed by atoms with Crippen molar-refractivity contribution in [2.45, 2.75) is 40.2 Å². The van der Waals surface area contributed by atoms with Crippen LogP contribution in [0.25, 0.3) is 0 Å². The minimum atomic E-state index is -0.753. The Morgan fingerprint density at radius 3 is 2.48 bits per heavy atom. The maximum Gasteiger partial charge on any atom is 0.315 e. The number of primary amides is 1. The molecule has 0 aromatic heterocycles. The molecule has 5 heteroatoms. The molecule has 0 aliphatic carbocycles. The van der Waals surface area contributed by atoms with Crippen molar-refractivity contribution < 1.29 is 9.59 Å². The Hall–Kier alpha value is -2.04. The van der Waals surface area contributed by atoms with Gasteiger partial charge in [0.15, 0.2) is 0 Å². The van der Waals surface area contributed by atoms with Crippen LogP contribution in [0.15, 0.2) is 24.3 Å². The van der Waals surface area contributed by atoms with Gasteiger partial charge in [0, 0.05) is 12.6 Å². The summed E-state index contributed by atoms with van der Waals surface area (Å²) in [6, 6.07) is 7.81. The monoisotopic (exact) mass is 291 g/mol. The lowest BCUT2D eigenvalue weighted by Gasteiger charge is -2.22. The predicted molar refractivity (Wildman–Crippen MR) is 83.9 cm³/mol. The summed E-state index contributed by atoms with van der Waals surface area (Å²) in [4.78, 5) is 23.0. The highest BCUT2D eigenvalue weighted by Gasteiger charge is 2.25. The van der Waals surface area contributed by atoms with Crippen molar-refractivity contribution in [2.75, 3.05) is 6.54 Å². The van der Waals surface area contributed by atoms with E-state index in [1.54, 1.807) is 13.8 Å². The van der Waals surface area contributed by atoms with E-state index in [1.807, 2.05) is 19.1 Å². The molecule has 5 nitrogen and oxygen atoms in total. The van der Waals surface area contributed by atoms with Crippen LogP contribution in [0, 0.1) is 12.3 Å². The third-order valence-electron chi connectivity index (χ3n) is 3.52. The van der Waals surface area contributed by atoms with Gasteiger partial charge in [-0.1, -0.05) is 24.3 Å². The van der Waals surface area contributed by atoms with Gasteiger partial charge in [0.2, 0.25) is 5.91 Å². The first-order valence-corrected chi connectivity index (χ1v) is 7.11. The minimum Gasteiger partial charge on any atom is -0.369 e. The van der Waals surface area contributed by atoms with E-state index in [0.717, 1.165) is 6.42 Å². The molecule has 116 valence electrons. The number of nitrogens with one attached hydrogen (secondary N) is 2. The molecule has 0 fully saturated rings. The van der Waals surface area contributed by atoms with E-state index in [4.69, 9.17) is 5.73 Å². The van der Waals surface area contributed by atoms with Gasteiger partial charge in [0.25, 0.3) is 0 Å². The number of nitrogens with two attached hydrogens (primary N) is 1. The van der Waals surface area contributed by atoms with E-state index in [-0.39, 0.29) is 18.6 Å². The predicted octanol–water partition coefficient (Wildman–Crippen LogP) is 1.74. The average molecular weight is 291 g/mol. The SMILES string of the molecule is Cc1ccccc1CC(C)NC(=O)NCC(C)(C)C(N)=O. The second kappa shape index (κ2) is 7.11. The zero-order valence-corrected chi connectivity index (χ0v) is 13.2. The fourth-order valence-electron chi connectivity index (χ4n) is 1.88. The largest absolute Gasteiger partial charge is 0.369 e. The molecule has 21 heavy (non-hydrogen) atoms. The molecule has 0 aliphatic rings. The highest BCUT2D eigenvalue weighted by Crippen LogP contribution is 2.12. The van der Waals surface area contributed by atoms with Crippen LogP contribution < -0.4 is 16.4 Å². The smallest absolute Gasteiger partial charge is 0.315 e. The van der Waals surface area contributed by atoms with E-state index in [2.05, 4.69) is 29.7 Å². The van der Waals surface area contributed by atoms with Gasteiger partial charge in [-0.25, -0.2) is 4.79 Å². The van der Waals surface area contributed by atoms with E-state index < -0.39 is 11.3 Å². The van der Waals surface area contributed by atoms with Crippen LogP contribution in [0.1, 0.15) is 31.9 Å². The number of carbonyl (C=O) groups excluding carboxylic acids is 2. The molecule has 0 aliphatic heterocycles. The summed E-state index contributed by atoms with van der Waals surface area (Å²) >= 11 is 0. The Morgan fingerprint density at radius 1 is 1.29 bits per heavy atom. The number of urea groups is 1. The number of benzene rings is 1. The molecule has 1 atom stereocenters. The minimum absolute atomic E-state index is 0.00258. The standard InChI is InChI=1S/C16H25N3O2/c1-11-7-5-6-8-13(11)9-12(2)19-15(21)18-10-16(3,4)14(17)20/h5-8,12H,9-10H2,1-4H3,(H2,17,20)(H2,18,19,21). The molecule has 0 saturated heterocycles. The number of hydrogen-bond acceptors (Lipinski definition) is 2. The van der Waals surface area contributed by atoms with Gasteiger partial charge in [-0.15, -0.1) is 0 Å². The van der Waals surface area contributed by atoms with E-state index >= 15 is 0 Å². The molecule has 1 rings (SSSR count). The highest BCUT2D eigenvalue weighted by atomic mass is 16.2. The number of rotatable bonds is 6.